The fourth-order valence-electron chi connectivity index (χ4n) is 2.04. The summed E-state index contributed by atoms with van der Waals surface area (Å²) in [4.78, 5) is 26.7. The molecule has 2 heterocycles. The minimum Gasteiger partial charge on any atom is -1.00 e. The maximum absolute atomic E-state index is 11.9. The van der Waals surface area contributed by atoms with E-state index in [0.29, 0.717) is 23.6 Å². The molecule has 0 unspecified atom stereocenters. The molecule has 0 aliphatic heterocycles. The number of imidazole rings is 2. The Labute approximate surface area is 126 Å². The Kier molecular flexibility index (Phi) is 3.40. The van der Waals surface area contributed by atoms with E-state index in [-0.39, 0.29) is 29.4 Å². The molecule has 0 amide bonds. The number of aryl methyl sites for hydroxylation is 1. The maximum Gasteiger partial charge on any atom is 0.302 e. The second kappa shape index (κ2) is 4.72. The molecule has 1 aromatic carbocycles. The Hall–Kier alpha value is -1.77. The first-order valence-corrected chi connectivity index (χ1v) is 5.49. The highest BCUT2D eigenvalue weighted by Crippen LogP contribution is 2.17. The van der Waals surface area contributed by atoms with Gasteiger partial charge in [-0.1, -0.05) is 0 Å². The summed E-state index contributed by atoms with van der Waals surface area (Å²) in [7, 11) is 0. The van der Waals surface area contributed by atoms with E-state index in [1.54, 1.807) is 40.8 Å². The Morgan fingerprint density at radius 2 is 2.05 bits per heavy atom. The Bertz CT molecular complexity index is 761. The molecule has 0 spiro atoms. The molecule has 3 aromatic rings. The van der Waals surface area contributed by atoms with Crippen molar-refractivity contribution in [3.8, 4) is 11.4 Å². The molecule has 2 aromatic heterocycles. The topological polar surface area (TPSA) is 60.8 Å². The molecule has 7 heteroatoms. The summed E-state index contributed by atoms with van der Waals surface area (Å²) in [6, 6.07) is 0. The van der Waals surface area contributed by atoms with Gasteiger partial charge in [0.1, 0.15) is 18.2 Å². The van der Waals surface area contributed by atoms with Crippen LogP contribution in [0.5, 0.6) is 0 Å². The number of nitrogens with zero attached hydrogens (tertiary/aromatic N) is 4. The Morgan fingerprint density at radius 1 is 1.32 bits per heavy atom. The number of hydrogen-bond donors (Lipinski definition) is 0. The number of halogens is 1. The molecular weight excluding hydrogens is 359 g/mol. The molecule has 0 atom stereocenters. The highest BCUT2D eigenvalue weighted by Gasteiger charge is 2.33. The van der Waals surface area contributed by atoms with Crippen LogP contribution in [0.2, 0.25) is 0 Å². The lowest BCUT2D eigenvalue weighted by molar-refractivity contribution is -0.598. The van der Waals surface area contributed by atoms with Gasteiger partial charge in [0.25, 0.3) is 11.3 Å². The summed E-state index contributed by atoms with van der Waals surface area (Å²) in [5.41, 5.74) is 1.18. The van der Waals surface area contributed by atoms with E-state index in [9.17, 15) is 9.59 Å². The van der Waals surface area contributed by atoms with Gasteiger partial charge in [0.15, 0.2) is 5.69 Å². The fraction of sp³-hybridized carbons (Fsp3) is 0.167. The first kappa shape index (κ1) is 13.7. The second-order valence-corrected chi connectivity index (χ2v) is 4.10. The van der Waals surface area contributed by atoms with Gasteiger partial charge in [0, 0.05) is 19.3 Å². The van der Waals surface area contributed by atoms with E-state index in [2.05, 4.69) is 4.98 Å². The summed E-state index contributed by atoms with van der Waals surface area (Å²) in [6.45, 7) is 3.62. The third kappa shape index (κ3) is 1.93. The van der Waals surface area contributed by atoms with E-state index < -0.39 is 0 Å². The van der Waals surface area contributed by atoms with Gasteiger partial charge in [-0.15, -0.1) is 0 Å². The SMILES string of the molecule is Cc1nccn1-c1c(-[n+]2ccn(C=O)c2C)c1=O.[I-]. The van der Waals surface area contributed by atoms with Crippen LogP contribution in [-0.2, 0) is 4.79 Å². The molecule has 6 nitrogen and oxygen atoms in total. The average molecular weight is 370 g/mol. The zero-order valence-electron chi connectivity index (χ0n) is 10.4. The van der Waals surface area contributed by atoms with Gasteiger partial charge in [0.2, 0.25) is 5.69 Å². The van der Waals surface area contributed by atoms with E-state index in [1.165, 1.54) is 4.57 Å². The van der Waals surface area contributed by atoms with Gasteiger partial charge < -0.3 is 24.0 Å². The summed E-state index contributed by atoms with van der Waals surface area (Å²) < 4.78 is 4.89. The smallest absolute Gasteiger partial charge is 0.302 e. The molecule has 0 saturated heterocycles. The first-order valence-electron chi connectivity index (χ1n) is 5.49. The van der Waals surface area contributed by atoms with Crippen molar-refractivity contribution in [2.45, 2.75) is 13.8 Å². The molecule has 0 N–H and O–H groups in total. The minimum atomic E-state index is -0.0205. The molecule has 0 aliphatic carbocycles. The maximum atomic E-state index is 11.9. The molecule has 0 bridgehead atoms. The highest BCUT2D eigenvalue weighted by molar-refractivity contribution is 5.62. The van der Waals surface area contributed by atoms with Crippen molar-refractivity contribution < 1.29 is 33.3 Å². The summed E-state index contributed by atoms with van der Waals surface area (Å²) in [5, 5.41) is 0. The second-order valence-electron chi connectivity index (χ2n) is 4.10. The van der Waals surface area contributed by atoms with Crippen molar-refractivity contribution in [1.82, 2.24) is 14.1 Å². The lowest BCUT2D eigenvalue weighted by Crippen LogP contribution is -3.00. The van der Waals surface area contributed by atoms with Crippen LogP contribution >= 0.6 is 0 Å². The summed E-state index contributed by atoms with van der Waals surface area (Å²) in [5.74, 6) is 1.46. The zero-order valence-corrected chi connectivity index (χ0v) is 12.5. The monoisotopic (exact) mass is 370 g/mol. The number of hydrogen-bond acceptors (Lipinski definition) is 3. The van der Waals surface area contributed by atoms with E-state index in [1.807, 2.05) is 6.92 Å². The van der Waals surface area contributed by atoms with E-state index >= 15 is 0 Å². The van der Waals surface area contributed by atoms with Gasteiger partial charge in [-0.05, 0) is 6.92 Å². The van der Waals surface area contributed by atoms with Crippen LogP contribution < -0.4 is 34.0 Å². The number of carbonyl (C=O) groups excluding carboxylic acids is 1. The molecule has 0 aliphatic rings. The molecular formula is C12H11IN4O2. The summed E-state index contributed by atoms with van der Waals surface area (Å²) >= 11 is 0. The molecule has 19 heavy (non-hydrogen) atoms. The third-order valence-electron chi connectivity index (χ3n) is 3.11. The highest BCUT2D eigenvalue weighted by atomic mass is 127. The Balaban J connectivity index is 0.00000133. The van der Waals surface area contributed by atoms with E-state index in [4.69, 9.17) is 0 Å². The van der Waals surface area contributed by atoms with Gasteiger partial charge in [-0.3, -0.25) is 14.2 Å². The average Bonchev–Trinajstić information content (AvgIpc) is 2.72. The van der Waals surface area contributed by atoms with Crippen molar-refractivity contribution in [1.29, 1.82) is 0 Å². The molecule has 98 valence electrons. The minimum absolute atomic E-state index is 0. The normalized spacial score (nSPS) is 10.6. The van der Waals surface area contributed by atoms with Crippen LogP contribution in [0.1, 0.15) is 11.6 Å². The first-order chi connectivity index (χ1) is 8.65. The van der Waals surface area contributed by atoms with Crippen LogP contribution in [-0.4, -0.2) is 20.5 Å². The fourth-order valence-corrected chi connectivity index (χ4v) is 2.04. The van der Waals surface area contributed by atoms with Crippen LogP contribution in [0.15, 0.2) is 29.6 Å². The van der Waals surface area contributed by atoms with Crippen molar-refractivity contribution in [3.63, 3.8) is 0 Å². The molecule has 0 fully saturated rings. The number of carbonyl (C=O) groups is 1. The summed E-state index contributed by atoms with van der Waals surface area (Å²) in [6.07, 6.45) is 7.44. The largest absolute Gasteiger partial charge is 1.00 e. The van der Waals surface area contributed by atoms with Crippen LogP contribution in [0.3, 0.4) is 0 Å². The van der Waals surface area contributed by atoms with Crippen LogP contribution in [0, 0.1) is 13.8 Å². The molecule has 3 rings (SSSR count). The standard InChI is InChI=1S/C12H11N4O2.HI/c1-8-13-3-4-15(8)10-11(12(10)18)16-6-5-14(7-17)9(16)2;/h3-7H,1-2H3;1H/q+1;/p-1. The van der Waals surface area contributed by atoms with Crippen LogP contribution in [0.4, 0.5) is 0 Å². The predicted octanol–water partition coefficient (Wildman–Crippen LogP) is -3.15. The van der Waals surface area contributed by atoms with Crippen molar-refractivity contribution in [2.24, 2.45) is 0 Å². The van der Waals surface area contributed by atoms with Crippen molar-refractivity contribution in [3.05, 3.63) is 46.7 Å². The van der Waals surface area contributed by atoms with Gasteiger partial charge in [-0.25, -0.2) is 4.98 Å². The number of aromatic nitrogens is 4. The van der Waals surface area contributed by atoms with Gasteiger partial charge in [0.05, 0.1) is 0 Å². The molecule has 0 radical (unpaired) electrons. The van der Waals surface area contributed by atoms with Gasteiger partial charge in [-0.2, -0.15) is 9.13 Å². The lowest BCUT2D eigenvalue weighted by atomic mass is 10.6. The zero-order chi connectivity index (χ0) is 12.9. The van der Waals surface area contributed by atoms with Crippen molar-refractivity contribution in [2.75, 3.05) is 0 Å². The molecule has 0 saturated carbocycles. The lowest BCUT2D eigenvalue weighted by Gasteiger charge is -1.94. The number of rotatable bonds is 3. The van der Waals surface area contributed by atoms with E-state index in [0.717, 1.165) is 5.82 Å². The predicted molar refractivity (Wildman–Crippen MR) is 63.4 cm³/mol. The quantitative estimate of drug-likeness (QED) is 0.278. The van der Waals surface area contributed by atoms with Crippen LogP contribution in [0.25, 0.3) is 11.4 Å². The van der Waals surface area contributed by atoms with Crippen molar-refractivity contribution >= 4 is 6.41 Å². The Morgan fingerprint density at radius 3 is 2.58 bits per heavy atom. The third-order valence-corrected chi connectivity index (χ3v) is 3.11. The van der Waals surface area contributed by atoms with Gasteiger partial charge >= 0.3 is 6.41 Å².